The number of likely N-dealkylation sites (tertiary alicyclic amines) is 2. The second kappa shape index (κ2) is 7.20. The average molecular weight is 345 g/mol. The Morgan fingerprint density at radius 2 is 2.08 bits per heavy atom. The van der Waals surface area contributed by atoms with Gasteiger partial charge in [0.15, 0.2) is 0 Å². The summed E-state index contributed by atoms with van der Waals surface area (Å²) in [5.74, 6) is 1.39. The molecule has 4 rings (SSSR count). The summed E-state index contributed by atoms with van der Waals surface area (Å²) in [7, 11) is 0. The van der Waals surface area contributed by atoms with E-state index in [4.69, 9.17) is 4.42 Å². The third-order valence-electron chi connectivity index (χ3n) is 6.11. The van der Waals surface area contributed by atoms with Gasteiger partial charge in [0.25, 0.3) is 5.91 Å². The van der Waals surface area contributed by atoms with Crippen molar-refractivity contribution >= 4 is 11.8 Å². The van der Waals surface area contributed by atoms with Gasteiger partial charge in [0.05, 0.1) is 11.8 Å². The van der Waals surface area contributed by atoms with Gasteiger partial charge in [-0.1, -0.05) is 0 Å². The van der Waals surface area contributed by atoms with Gasteiger partial charge in [-0.05, 0) is 56.7 Å². The number of furan rings is 1. The summed E-state index contributed by atoms with van der Waals surface area (Å²) < 4.78 is 5.04. The summed E-state index contributed by atoms with van der Waals surface area (Å²) in [6, 6.07) is 2.03. The molecule has 6 nitrogen and oxygen atoms in total. The molecule has 3 fully saturated rings. The summed E-state index contributed by atoms with van der Waals surface area (Å²) in [6.07, 6.45) is 7.80. The van der Waals surface area contributed by atoms with Gasteiger partial charge in [-0.25, -0.2) is 0 Å². The fourth-order valence-corrected chi connectivity index (χ4v) is 4.68. The average Bonchev–Trinajstić information content (AvgIpc) is 3.19. The Bertz CT molecular complexity index is 609. The Labute approximate surface area is 148 Å². The van der Waals surface area contributed by atoms with E-state index in [-0.39, 0.29) is 5.91 Å². The first-order chi connectivity index (χ1) is 12.2. The number of nitrogens with one attached hydrogen (secondary N) is 1. The molecule has 4 heterocycles. The molecule has 0 unspecified atom stereocenters. The number of amides is 2. The number of fused-ring (bicyclic) bond motifs is 1. The van der Waals surface area contributed by atoms with Crippen molar-refractivity contribution < 1.29 is 14.0 Å². The normalized spacial score (nSPS) is 28.1. The van der Waals surface area contributed by atoms with E-state index in [1.165, 1.54) is 6.26 Å². The predicted molar refractivity (Wildman–Crippen MR) is 93.0 cm³/mol. The maximum Gasteiger partial charge on any atom is 0.257 e. The summed E-state index contributed by atoms with van der Waals surface area (Å²) in [5.41, 5.74) is 0.622. The number of rotatable bonds is 3. The molecule has 0 spiro atoms. The quantitative estimate of drug-likeness (QED) is 0.906. The van der Waals surface area contributed by atoms with Gasteiger partial charge in [0, 0.05) is 32.1 Å². The van der Waals surface area contributed by atoms with Gasteiger partial charge in [-0.15, -0.1) is 0 Å². The van der Waals surface area contributed by atoms with Crippen LogP contribution < -0.4 is 5.32 Å². The lowest BCUT2D eigenvalue weighted by Gasteiger charge is -2.48. The van der Waals surface area contributed by atoms with E-state index in [9.17, 15) is 9.59 Å². The monoisotopic (exact) mass is 345 g/mol. The number of carbonyl (C=O) groups excluding carboxylic acids is 2. The molecule has 0 aromatic carbocycles. The Balaban J connectivity index is 1.41. The highest BCUT2D eigenvalue weighted by Crippen LogP contribution is 2.33. The van der Waals surface area contributed by atoms with E-state index in [0.717, 1.165) is 58.4 Å². The molecule has 1 aromatic rings. The Kier molecular flexibility index (Phi) is 4.79. The van der Waals surface area contributed by atoms with Gasteiger partial charge < -0.3 is 19.5 Å². The van der Waals surface area contributed by atoms with Crippen LogP contribution >= 0.6 is 0 Å². The van der Waals surface area contributed by atoms with Crippen LogP contribution in [0.3, 0.4) is 0 Å². The molecule has 0 aliphatic carbocycles. The molecule has 3 aliphatic heterocycles. The van der Waals surface area contributed by atoms with Crippen LogP contribution in [0.5, 0.6) is 0 Å². The van der Waals surface area contributed by atoms with Crippen LogP contribution in [0.4, 0.5) is 0 Å². The van der Waals surface area contributed by atoms with E-state index in [0.29, 0.717) is 35.8 Å². The Morgan fingerprint density at radius 1 is 1.24 bits per heavy atom. The van der Waals surface area contributed by atoms with Crippen LogP contribution in [0.15, 0.2) is 23.0 Å². The van der Waals surface area contributed by atoms with E-state index in [2.05, 4.69) is 10.2 Å². The zero-order valence-electron chi connectivity index (χ0n) is 14.7. The lowest BCUT2D eigenvalue weighted by Crippen LogP contribution is -2.58. The van der Waals surface area contributed by atoms with Crippen molar-refractivity contribution in [1.82, 2.24) is 15.1 Å². The van der Waals surface area contributed by atoms with Crippen LogP contribution in [-0.4, -0.2) is 60.4 Å². The maximum atomic E-state index is 12.6. The molecule has 3 aliphatic rings. The van der Waals surface area contributed by atoms with Crippen LogP contribution in [0, 0.1) is 11.8 Å². The van der Waals surface area contributed by atoms with E-state index in [1.54, 1.807) is 12.3 Å². The molecule has 0 saturated carbocycles. The van der Waals surface area contributed by atoms with Gasteiger partial charge in [-0.3, -0.25) is 9.59 Å². The van der Waals surface area contributed by atoms with Crippen molar-refractivity contribution in [1.29, 1.82) is 0 Å². The maximum absolute atomic E-state index is 12.6. The number of carbonyl (C=O) groups is 2. The van der Waals surface area contributed by atoms with Crippen molar-refractivity contribution in [2.24, 2.45) is 11.8 Å². The second-order valence-corrected chi connectivity index (χ2v) is 7.66. The minimum atomic E-state index is 0.0500. The van der Waals surface area contributed by atoms with E-state index < -0.39 is 0 Å². The second-order valence-electron chi connectivity index (χ2n) is 7.66. The minimum absolute atomic E-state index is 0.0500. The first-order valence-corrected chi connectivity index (χ1v) is 9.54. The Hall–Kier alpha value is -1.82. The smallest absolute Gasteiger partial charge is 0.257 e. The van der Waals surface area contributed by atoms with E-state index >= 15 is 0 Å². The highest BCUT2D eigenvalue weighted by molar-refractivity contribution is 5.94. The number of hydrogen-bond donors (Lipinski definition) is 1. The number of nitrogens with zero attached hydrogens (tertiary/aromatic N) is 2. The lowest BCUT2D eigenvalue weighted by molar-refractivity contribution is -0.141. The third kappa shape index (κ3) is 3.45. The third-order valence-corrected chi connectivity index (χ3v) is 6.11. The number of piperidine rings is 3. The molecule has 2 atom stereocenters. The molecule has 6 heteroatoms. The summed E-state index contributed by atoms with van der Waals surface area (Å²) >= 11 is 0. The fourth-order valence-electron chi connectivity index (χ4n) is 4.68. The zero-order valence-corrected chi connectivity index (χ0v) is 14.7. The number of hydrogen-bond acceptors (Lipinski definition) is 4. The van der Waals surface area contributed by atoms with Crippen LogP contribution in [-0.2, 0) is 4.79 Å². The van der Waals surface area contributed by atoms with Crippen LogP contribution in [0.1, 0.15) is 42.5 Å². The molecule has 1 aromatic heterocycles. The molecular formula is C19H27N3O3. The van der Waals surface area contributed by atoms with E-state index in [1.807, 2.05) is 4.90 Å². The van der Waals surface area contributed by atoms with Crippen molar-refractivity contribution in [2.45, 2.75) is 38.1 Å². The van der Waals surface area contributed by atoms with Crippen molar-refractivity contribution in [3.63, 3.8) is 0 Å². The van der Waals surface area contributed by atoms with Gasteiger partial charge in [-0.2, -0.15) is 0 Å². The molecule has 136 valence electrons. The topological polar surface area (TPSA) is 65.8 Å². The molecule has 2 amide bonds. The summed E-state index contributed by atoms with van der Waals surface area (Å²) in [6.45, 7) is 4.50. The van der Waals surface area contributed by atoms with Crippen molar-refractivity contribution in [2.75, 3.05) is 32.7 Å². The van der Waals surface area contributed by atoms with Gasteiger partial charge in [0.1, 0.15) is 6.26 Å². The SMILES string of the molecule is O=C(c1ccoc1)N1CC[C@@H]2[C@@H](CCC(=O)N2CC2CCNCC2)C1. The lowest BCUT2D eigenvalue weighted by atomic mass is 9.82. The zero-order chi connectivity index (χ0) is 17.2. The molecular weight excluding hydrogens is 318 g/mol. The largest absolute Gasteiger partial charge is 0.472 e. The fraction of sp³-hybridized carbons (Fsp3) is 0.684. The molecule has 1 N–H and O–H groups in total. The van der Waals surface area contributed by atoms with Crippen molar-refractivity contribution in [3.05, 3.63) is 24.2 Å². The van der Waals surface area contributed by atoms with Crippen molar-refractivity contribution in [3.8, 4) is 0 Å². The summed E-state index contributed by atoms with van der Waals surface area (Å²) in [5, 5.41) is 3.40. The van der Waals surface area contributed by atoms with Crippen LogP contribution in [0.2, 0.25) is 0 Å². The first kappa shape index (κ1) is 16.6. The molecule has 3 saturated heterocycles. The first-order valence-electron chi connectivity index (χ1n) is 9.54. The molecule has 0 radical (unpaired) electrons. The highest BCUT2D eigenvalue weighted by Gasteiger charge is 2.41. The van der Waals surface area contributed by atoms with Crippen LogP contribution in [0.25, 0.3) is 0 Å². The van der Waals surface area contributed by atoms with Gasteiger partial charge >= 0.3 is 0 Å². The molecule has 25 heavy (non-hydrogen) atoms. The summed E-state index contributed by atoms with van der Waals surface area (Å²) in [4.78, 5) is 29.2. The standard InChI is InChI=1S/C19H27N3O3/c23-18-2-1-15-12-21(19(24)16-6-10-25-13-16)9-5-17(15)22(18)11-14-3-7-20-8-4-14/h6,10,13-15,17,20H,1-5,7-9,11-12H2/t15-,17+/m0/s1. The Morgan fingerprint density at radius 3 is 2.84 bits per heavy atom. The highest BCUT2D eigenvalue weighted by atomic mass is 16.3. The minimum Gasteiger partial charge on any atom is -0.472 e. The predicted octanol–water partition coefficient (Wildman–Crippen LogP) is 1.73. The molecule has 0 bridgehead atoms. The van der Waals surface area contributed by atoms with Gasteiger partial charge in [0.2, 0.25) is 5.91 Å².